The van der Waals surface area contributed by atoms with Crippen LogP contribution in [0.5, 0.6) is 0 Å². The number of fused-ring (bicyclic) bond motifs is 2. The number of anilines is 1. The number of thiol groups is 1. The molecule has 2 aromatic rings. The largest absolute Gasteiger partial charge is 0.399 e. The average molecular weight is 416 g/mol. The molecule has 136 valence electrons. The van der Waals surface area contributed by atoms with Crippen LogP contribution in [0.3, 0.4) is 0 Å². The summed E-state index contributed by atoms with van der Waals surface area (Å²) in [6, 6.07) is 15.2. The SMILES string of the molecule is Nc1ccc2sc3c/c(=N\c4cc(S)ccc4S(=O)(=O)O)ccc-3nc2c1. The van der Waals surface area contributed by atoms with E-state index in [9.17, 15) is 13.0 Å². The van der Waals surface area contributed by atoms with Gasteiger partial charge in [-0.2, -0.15) is 8.42 Å². The fraction of sp³-hybridized carbons (Fsp3) is 0. The van der Waals surface area contributed by atoms with E-state index in [-0.39, 0.29) is 10.6 Å². The van der Waals surface area contributed by atoms with Gasteiger partial charge in [-0.3, -0.25) is 4.55 Å². The first-order valence-corrected chi connectivity index (χ1v) is 10.5. The average Bonchev–Trinajstić information content (AvgIpc) is 2.59. The zero-order valence-electron chi connectivity index (χ0n) is 13.7. The smallest absolute Gasteiger partial charge is 0.296 e. The highest BCUT2D eigenvalue weighted by atomic mass is 32.2. The molecule has 1 aliphatic heterocycles. The zero-order valence-corrected chi connectivity index (χ0v) is 16.2. The predicted molar refractivity (Wildman–Crippen MR) is 109 cm³/mol. The van der Waals surface area contributed by atoms with Gasteiger partial charge in [0.2, 0.25) is 0 Å². The van der Waals surface area contributed by atoms with Crippen LogP contribution in [0.15, 0.2) is 69.4 Å². The van der Waals surface area contributed by atoms with Gasteiger partial charge >= 0.3 is 0 Å². The normalized spacial score (nSPS) is 12.7. The Hall–Kier alpha value is -2.46. The third-order valence-electron chi connectivity index (χ3n) is 3.86. The van der Waals surface area contributed by atoms with Crippen LogP contribution < -0.4 is 11.1 Å². The van der Waals surface area contributed by atoms with Gasteiger partial charge in [0, 0.05) is 10.6 Å². The number of rotatable bonds is 2. The summed E-state index contributed by atoms with van der Waals surface area (Å²) < 4.78 is 33.6. The Labute approximate surface area is 164 Å². The number of nitrogens with two attached hydrogens (primary N) is 1. The van der Waals surface area contributed by atoms with Gasteiger partial charge in [0.25, 0.3) is 10.1 Å². The Morgan fingerprint density at radius 2 is 1.89 bits per heavy atom. The molecule has 9 heteroatoms. The highest BCUT2D eigenvalue weighted by molar-refractivity contribution is 7.86. The fourth-order valence-corrected chi connectivity index (χ4v) is 4.44. The Bertz CT molecular complexity index is 1330. The molecule has 0 atom stereocenters. The maximum absolute atomic E-state index is 11.6. The number of hydrogen-bond acceptors (Lipinski definition) is 7. The minimum absolute atomic E-state index is 0.121. The third kappa shape index (κ3) is 3.67. The highest BCUT2D eigenvalue weighted by Crippen LogP contribution is 2.31. The Balaban J connectivity index is 1.93. The first-order valence-electron chi connectivity index (χ1n) is 7.75. The molecule has 0 unspecified atom stereocenters. The van der Waals surface area contributed by atoms with Crippen molar-refractivity contribution in [2.75, 3.05) is 5.73 Å². The molecule has 3 N–H and O–H groups in total. The molecule has 1 aliphatic carbocycles. The number of aromatic nitrogens is 1. The quantitative estimate of drug-likeness (QED) is 0.200. The Kier molecular flexibility index (Phi) is 4.39. The second kappa shape index (κ2) is 6.61. The van der Waals surface area contributed by atoms with Crippen LogP contribution in [-0.2, 0) is 10.1 Å². The second-order valence-corrected chi connectivity index (χ2v) is 8.82. The molecule has 0 spiro atoms. The highest BCUT2D eigenvalue weighted by Gasteiger charge is 2.15. The van der Waals surface area contributed by atoms with Gasteiger partial charge in [0.05, 0.1) is 31.8 Å². The lowest BCUT2D eigenvalue weighted by atomic mass is 10.2. The summed E-state index contributed by atoms with van der Waals surface area (Å²) in [7, 11) is -4.40. The van der Waals surface area contributed by atoms with Gasteiger partial charge in [-0.05, 0) is 54.6 Å². The lowest BCUT2D eigenvalue weighted by Crippen LogP contribution is -2.04. The minimum atomic E-state index is -4.40. The van der Waals surface area contributed by atoms with E-state index < -0.39 is 10.1 Å². The Morgan fingerprint density at radius 1 is 1.07 bits per heavy atom. The summed E-state index contributed by atoms with van der Waals surface area (Å²) in [4.78, 5) is 10.1. The van der Waals surface area contributed by atoms with Crippen LogP contribution in [-0.4, -0.2) is 18.0 Å². The van der Waals surface area contributed by atoms with Gasteiger partial charge in [0.15, 0.2) is 0 Å². The fourth-order valence-electron chi connectivity index (χ4n) is 2.65. The monoisotopic (exact) mass is 415 g/mol. The van der Waals surface area contributed by atoms with Crippen molar-refractivity contribution in [3.8, 4) is 10.6 Å². The molecule has 0 aromatic heterocycles. The summed E-state index contributed by atoms with van der Waals surface area (Å²) in [5.74, 6) is 0. The van der Waals surface area contributed by atoms with E-state index in [0.29, 0.717) is 15.9 Å². The zero-order chi connectivity index (χ0) is 19.2. The van der Waals surface area contributed by atoms with E-state index in [1.54, 1.807) is 6.07 Å². The van der Waals surface area contributed by atoms with Gasteiger partial charge in [0.1, 0.15) is 4.90 Å². The molecule has 0 saturated carbocycles. The summed E-state index contributed by atoms with van der Waals surface area (Å²) in [6.45, 7) is 0. The van der Waals surface area contributed by atoms with E-state index in [1.165, 1.54) is 29.5 Å². The lowest BCUT2D eigenvalue weighted by Gasteiger charge is -2.07. The van der Waals surface area contributed by atoms with Crippen molar-refractivity contribution in [3.05, 3.63) is 60.0 Å². The van der Waals surface area contributed by atoms with Crippen LogP contribution in [0.2, 0.25) is 0 Å². The number of nitrogens with zero attached hydrogens (tertiary/aromatic N) is 2. The van der Waals surface area contributed by atoms with Gasteiger partial charge in [-0.15, -0.1) is 24.0 Å². The number of benzene rings is 3. The molecule has 6 nitrogen and oxygen atoms in total. The van der Waals surface area contributed by atoms with Crippen molar-refractivity contribution in [2.45, 2.75) is 9.79 Å². The van der Waals surface area contributed by atoms with Crippen LogP contribution in [0.1, 0.15) is 0 Å². The van der Waals surface area contributed by atoms with E-state index in [2.05, 4.69) is 22.6 Å². The molecule has 0 bridgehead atoms. The van der Waals surface area contributed by atoms with Crippen LogP contribution in [0, 0.1) is 0 Å². The molecule has 0 saturated heterocycles. The first kappa shape index (κ1) is 17.9. The predicted octanol–water partition coefficient (Wildman–Crippen LogP) is 3.75. The maximum atomic E-state index is 11.6. The van der Waals surface area contributed by atoms with E-state index in [1.807, 2.05) is 30.3 Å². The molecule has 0 fully saturated rings. The summed E-state index contributed by atoms with van der Waals surface area (Å²) >= 11 is 5.75. The van der Waals surface area contributed by atoms with E-state index >= 15 is 0 Å². The summed E-state index contributed by atoms with van der Waals surface area (Å²) in [6.07, 6.45) is 0. The van der Waals surface area contributed by atoms with Crippen molar-refractivity contribution in [3.63, 3.8) is 0 Å². The van der Waals surface area contributed by atoms with Crippen molar-refractivity contribution in [1.82, 2.24) is 4.98 Å². The molecule has 4 rings (SSSR count). The van der Waals surface area contributed by atoms with Crippen LogP contribution in [0.4, 0.5) is 11.4 Å². The number of nitrogen functional groups attached to an aromatic ring is 1. The van der Waals surface area contributed by atoms with Crippen molar-refractivity contribution < 1.29 is 13.0 Å². The standard InChI is InChI=1S/C18H13N3O3S3/c19-10-1-5-16-14(7-10)21-13-4-2-11(8-17(13)26-16)20-15-9-12(25)3-6-18(15)27(22,23)24/h1-9,25H,19H2,(H,22,23,24)/b20-11-. The number of hydrogen-bond donors (Lipinski definition) is 3. The van der Waals surface area contributed by atoms with Crippen LogP contribution >= 0.6 is 24.0 Å². The molecule has 0 amide bonds. The second-order valence-electron chi connectivity index (χ2n) is 5.83. The van der Waals surface area contributed by atoms with Crippen molar-refractivity contribution in [1.29, 1.82) is 0 Å². The third-order valence-corrected chi connectivity index (χ3v) is 6.15. The van der Waals surface area contributed by atoms with E-state index in [4.69, 9.17) is 5.73 Å². The molecule has 27 heavy (non-hydrogen) atoms. The topological polar surface area (TPSA) is 106 Å². The minimum Gasteiger partial charge on any atom is -0.399 e. The van der Waals surface area contributed by atoms with Gasteiger partial charge in [-0.25, -0.2) is 9.98 Å². The molecule has 0 radical (unpaired) electrons. The van der Waals surface area contributed by atoms with Crippen molar-refractivity contribution >= 4 is 55.7 Å². The van der Waals surface area contributed by atoms with Crippen LogP contribution in [0.25, 0.3) is 20.8 Å². The molecule has 2 aromatic carbocycles. The summed E-state index contributed by atoms with van der Waals surface area (Å²) in [5, 5.41) is 0.541. The van der Waals surface area contributed by atoms with Crippen molar-refractivity contribution in [2.24, 2.45) is 4.99 Å². The maximum Gasteiger partial charge on any atom is 0.296 e. The molecule has 1 heterocycles. The molecule has 2 aliphatic rings. The first-order chi connectivity index (χ1) is 12.8. The lowest BCUT2D eigenvalue weighted by molar-refractivity contribution is 0.483. The van der Waals surface area contributed by atoms with Gasteiger partial charge in [-0.1, -0.05) is 0 Å². The van der Waals surface area contributed by atoms with Gasteiger partial charge < -0.3 is 5.73 Å². The molecular formula is C18H13N3O3S3. The summed E-state index contributed by atoms with van der Waals surface area (Å²) in [5.41, 5.74) is 8.19. The Morgan fingerprint density at radius 3 is 2.67 bits per heavy atom. The molecular weight excluding hydrogens is 402 g/mol. The van der Waals surface area contributed by atoms with E-state index in [0.717, 1.165) is 20.8 Å².